The van der Waals surface area contributed by atoms with Crippen LogP contribution < -0.4 is 0 Å². The maximum absolute atomic E-state index is 6.59. The Morgan fingerprint density at radius 3 is 2.05 bits per heavy atom. The SMILES string of the molecule is CC1(C)OB(B2OC(C)(C)C(C)(Cc3ccc(-c4nc5c(ccc6ccc7cc(Cl)ccc7c65)s4)cc3)O2)OC1(C)C. The average Bonchev–Trinajstić information content (AvgIpc) is 3.53. The van der Waals surface area contributed by atoms with Crippen LogP contribution in [0.1, 0.15) is 54.0 Å². The normalized spacial score (nSPS) is 23.0. The molecule has 9 heteroatoms. The van der Waals surface area contributed by atoms with Gasteiger partial charge in [0.15, 0.2) is 0 Å². The minimum Gasteiger partial charge on any atom is -0.405 e. The number of fused-ring (bicyclic) bond motifs is 5. The predicted molar refractivity (Wildman–Crippen MR) is 175 cm³/mol. The molecule has 3 heterocycles. The van der Waals surface area contributed by atoms with Gasteiger partial charge in [0, 0.05) is 22.4 Å². The van der Waals surface area contributed by atoms with Gasteiger partial charge >= 0.3 is 14.0 Å². The van der Waals surface area contributed by atoms with Crippen LogP contribution in [-0.2, 0) is 25.0 Å². The molecule has 0 bridgehead atoms. The standard InChI is InChI=1S/C33H34B2ClNO4S/c1-30(2)31(3,4)39-34(38-30)35-40-32(5,6)33(7,41-35)19-20-8-10-22(11-9-20)29-37-28-26(42-29)17-14-21-12-13-23-18-24(36)15-16-25(23)27(21)28/h8-18H,19H2,1-7H3. The summed E-state index contributed by atoms with van der Waals surface area (Å²) in [7, 11) is -1.18. The van der Waals surface area contributed by atoms with E-state index in [-0.39, 0.29) is 0 Å². The Morgan fingerprint density at radius 1 is 0.714 bits per heavy atom. The molecule has 2 aliphatic heterocycles. The van der Waals surface area contributed by atoms with Crippen molar-refractivity contribution in [1.29, 1.82) is 0 Å². The van der Waals surface area contributed by atoms with Crippen LogP contribution in [0.4, 0.5) is 0 Å². The lowest BCUT2D eigenvalue weighted by molar-refractivity contribution is -0.00877. The van der Waals surface area contributed by atoms with Gasteiger partial charge < -0.3 is 18.6 Å². The molecule has 7 rings (SSSR count). The molecular weight excluding hydrogens is 564 g/mol. The van der Waals surface area contributed by atoms with E-state index in [2.05, 4.69) is 75.4 Å². The van der Waals surface area contributed by atoms with Gasteiger partial charge in [-0.25, -0.2) is 4.98 Å². The highest BCUT2D eigenvalue weighted by atomic mass is 35.5. The quantitative estimate of drug-likeness (QED) is 0.153. The van der Waals surface area contributed by atoms with Crippen molar-refractivity contribution in [3.63, 3.8) is 0 Å². The van der Waals surface area contributed by atoms with Crippen molar-refractivity contribution in [3.05, 3.63) is 77.3 Å². The third kappa shape index (κ3) is 4.50. The fourth-order valence-corrected chi connectivity index (χ4v) is 7.15. The maximum atomic E-state index is 6.59. The molecule has 0 spiro atoms. The van der Waals surface area contributed by atoms with E-state index in [1.807, 2.05) is 39.8 Å². The van der Waals surface area contributed by atoms with E-state index in [4.69, 9.17) is 35.2 Å². The van der Waals surface area contributed by atoms with Gasteiger partial charge in [0.1, 0.15) is 5.01 Å². The molecule has 2 aliphatic rings. The first kappa shape index (κ1) is 28.3. The number of hydrogen-bond acceptors (Lipinski definition) is 6. The van der Waals surface area contributed by atoms with E-state index in [1.54, 1.807) is 11.3 Å². The summed E-state index contributed by atoms with van der Waals surface area (Å²) in [4.78, 5) is 5.14. The molecule has 42 heavy (non-hydrogen) atoms. The lowest BCUT2D eigenvalue weighted by atomic mass is 9.49. The van der Waals surface area contributed by atoms with Crippen molar-refractivity contribution in [2.45, 2.75) is 77.3 Å². The Morgan fingerprint density at radius 2 is 1.33 bits per heavy atom. The van der Waals surface area contributed by atoms with E-state index in [1.165, 1.54) is 26.4 Å². The van der Waals surface area contributed by atoms with E-state index >= 15 is 0 Å². The van der Waals surface area contributed by atoms with Crippen molar-refractivity contribution in [2.75, 3.05) is 0 Å². The number of rotatable bonds is 4. The van der Waals surface area contributed by atoms with Crippen LogP contribution in [0.5, 0.6) is 0 Å². The first-order valence-corrected chi connectivity index (χ1v) is 15.7. The molecule has 5 aromatic rings. The molecule has 5 nitrogen and oxygen atoms in total. The third-order valence-corrected chi connectivity index (χ3v) is 10.9. The summed E-state index contributed by atoms with van der Waals surface area (Å²) >= 11 is 8.00. The molecule has 1 aromatic heterocycles. The minimum atomic E-state index is -0.602. The van der Waals surface area contributed by atoms with E-state index in [0.717, 1.165) is 26.5 Å². The highest BCUT2D eigenvalue weighted by Gasteiger charge is 2.64. The molecule has 0 N–H and O–H groups in total. The molecular formula is C33H34B2ClNO4S. The molecule has 1 unspecified atom stereocenters. The number of thiazole rings is 1. The molecule has 2 fully saturated rings. The van der Waals surface area contributed by atoms with Crippen molar-refractivity contribution < 1.29 is 18.6 Å². The summed E-state index contributed by atoms with van der Waals surface area (Å²) in [6.07, 6.45) is 0.690. The Labute approximate surface area is 256 Å². The highest BCUT2D eigenvalue weighted by molar-refractivity contribution is 7.21. The second-order valence-corrected chi connectivity index (χ2v) is 14.8. The zero-order chi connectivity index (χ0) is 29.7. The van der Waals surface area contributed by atoms with Crippen LogP contribution in [0.3, 0.4) is 0 Å². The lowest BCUT2D eigenvalue weighted by Crippen LogP contribution is -2.46. The van der Waals surface area contributed by atoms with Gasteiger partial charge in [-0.1, -0.05) is 60.1 Å². The van der Waals surface area contributed by atoms with Gasteiger partial charge in [0.2, 0.25) is 0 Å². The first-order valence-electron chi connectivity index (χ1n) is 14.5. The first-order chi connectivity index (χ1) is 19.8. The summed E-state index contributed by atoms with van der Waals surface area (Å²) in [5, 5.41) is 6.38. The summed E-state index contributed by atoms with van der Waals surface area (Å²) in [5.74, 6) is 0. The molecule has 0 amide bonds. The number of aromatic nitrogens is 1. The number of benzene rings is 4. The Bertz CT molecular complexity index is 1840. The summed E-state index contributed by atoms with van der Waals surface area (Å²) in [6.45, 7) is 14.4. The zero-order valence-electron chi connectivity index (χ0n) is 25.1. The van der Waals surface area contributed by atoms with E-state index in [0.29, 0.717) is 6.42 Å². The predicted octanol–water partition coefficient (Wildman–Crippen LogP) is 8.71. The molecule has 2 saturated heterocycles. The van der Waals surface area contributed by atoms with Crippen LogP contribution in [0.2, 0.25) is 5.02 Å². The largest absolute Gasteiger partial charge is 0.489 e. The van der Waals surface area contributed by atoms with Crippen LogP contribution in [-0.4, -0.2) is 41.4 Å². The Kier molecular flexibility index (Phi) is 6.42. The summed E-state index contributed by atoms with van der Waals surface area (Å²) in [6, 6.07) is 23.3. The summed E-state index contributed by atoms with van der Waals surface area (Å²) in [5.41, 5.74) is 1.29. The second-order valence-electron chi connectivity index (χ2n) is 13.3. The van der Waals surface area contributed by atoms with E-state index in [9.17, 15) is 0 Å². The third-order valence-electron chi connectivity index (χ3n) is 9.62. The van der Waals surface area contributed by atoms with Crippen molar-refractivity contribution in [1.82, 2.24) is 4.98 Å². The maximum Gasteiger partial charge on any atom is 0.489 e. The van der Waals surface area contributed by atoms with Crippen LogP contribution >= 0.6 is 22.9 Å². The zero-order valence-corrected chi connectivity index (χ0v) is 26.7. The van der Waals surface area contributed by atoms with Gasteiger partial charge in [0.25, 0.3) is 0 Å². The highest BCUT2D eigenvalue weighted by Crippen LogP contribution is 2.45. The minimum absolute atomic E-state index is 0.447. The van der Waals surface area contributed by atoms with Gasteiger partial charge in [-0.3, -0.25) is 0 Å². The van der Waals surface area contributed by atoms with Crippen LogP contribution in [0.25, 0.3) is 42.3 Å². The molecule has 0 aliphatic carbocycles. The van der Waals surface area contributed by atoms with Crippen molar-refractivity contribution in [2.24, 2.45) is 0 Å². The van der Waals surface area contributed by atoms with Crippen molar-refractivity contribution in [3.8, 4) is 10.6 Å². The Hall–Kier alpha value is -2.45. The van der Waals surface area contributed by atoms with Crippen LogP contribution in [0.15, 0.2) is 66.7 Å². The van der Waals surface area contributed by atoms with Gasteiger partial charge in [-0.05, 0) is 88.4 Å². The molecule has 0 radical (unpaired) electrons. The fraction of sp³-hybridized carbons (Fsp3) is 0.364. The monoisotopic (exact) mass is 597 g/mol. The van der Waals surface area contributed by atoms with Crippen molar-refractivity contribution >= 4 is 68.7 Å². The second kappa shape index (κ2) is 9.52. The topological polar surface area (TPSA) is 49.8 Å². The van der Waals surface area contributed by atoms with Gasteiger partial charge in [0.05, 0.1) is 32.6 Å². The van der Waals surface area contributed by atoms with Crippen LogP contribution in [0, 0.1) is 0 Å². The van der Waals surface area contributed by atoms with E-state index < -0.39 is 36.4 Å². The number of hydrogen-bond donors (Lipinski definition) is 0. The fourth-order valence-electron chi connectivity index (χ4n) is 5.99. The number of halogens is 1. The average molecular weight is 598 g/mol. The smallest absolute Gasteiger partial charge is 0.405 e. The Balaban J connectivity index is 1.15. The summed E-state index contributed by atoms with van der Waals surface area (Å²) < 4.78 is 26.7. The molecule has 214 valence electrons. The molecule has 4 aromatic carbocycles. The van der Waals surface area contributed by atoms with Gasteiger partial charge in [-0.15, -0.1) is 11.3 Å². The molecule has 1 atom stereocenters. The van der Waals surface area contributed by atoms with Gasteiger partial charge in [-0.2, -0.15) is 0 Å². The lowest BCUT2D eigenvalue weighted by Gasteiger charge is -2.36. The molecule has 0 saturated carbocycles. The number of nitrogens with zero attached hydrogens (tertiary/aromatic N) is 1.